The van der Waals surface area contributed by atoms with Gasteiger partial charge in [-0.1, -0.05) is 22.0 Å². The number of oxazole rings is 1. The van der Waals surface area contributed by atoms with Gasteiger partial charge in [-0.05, 0) is 95.9 Å². The van der Waals surface area contributed by atoms with Crippen LogP contribution in [0.2, 0.25) is 0 Å². The molecule has 0 saturated carbocycles. The van der Waals surface area contributed by atoms with Gasteiger partial charge in [-0.3, -0.25) is 4.79 Å². The van der Waals surface area contributed by atoms with E-state index in [9.17, 15) is 4.79 Å². The predicted octanol–water partition coefficient (Wildman–Crippen LogP) is 6.96. The highest BCUT2D eigenvalue weighted by Gasteiger charge is 2.12. The highest BCUT2D eigenvalue weighted by atomic mass is 79.9. The minimum atomic E-state index is -0.241. The Labute approximate surface area is 197 Å². The van der Waals surface area contributed by atoms with Crippen LogP contribution in [0.4, 0.5) is 5.69 Å². The summed E-state index contributed by atoms with van der Waals surface area (Å²) in [7, 11) is 0. The van der Waals surface area contributed by atoms with E-state index in [1.807, 2.05) is 63.2 Å². The molecule has 1 N–H and O–H groups in total. The molecule has 0 aliphatic carbocycles. The SMILES string of the molecule is Cc1cc(C)c2oc(-c3ccc(NC(=O)COc4c(C)cc(Br)cc4Br)cc3)nc2c1. The number of amides is 1. The lowest BCUT2D eigenvalue weighted by Gasteiger charge is -2.12. The Kier molecular flexibility index (Phi) is 6.16. The summed E-state index contributed by atoms with van der Waals surface area (Å²) < 4.78 is 13.4. The average Bonchev–Trinajstić information content (AvgIpc) is 3.12. The normalized spacial score (nSPS) is 11.0. The quantitative estimate of drug-likeness (QED) is 0.295. The molecule has 0 radical (unpaired) electrons. The van der Waals surface area contributed by atoms with Gasteiger partial charge in [-0.15, -0.1) is 0 Å². The summed E-state index contributed by atoms with van der Waals surface area (Å²) in [5.74, 6) is 0.964. The molecular formula is C24H20Br2N2O3. The maximum atomic E-state index is 12.3. The van der Waals surface area contributed by atoms with E-state index in [1.165, 1.54) is 0 Å². The van der Waals surface area contributed by atoms with Gasteiger partial charge >= 0.3 is 0 Å². The van der Waals surface area contributed by atoms with E-state index in [-0.39, 0.29) is 12.5 Å². The Morgan fingerprint density at radius 2 is 1.77 bits per heavy atom. The number of fused-ring (bicyclic) bond motifs is 1. The van der Waals surface area contributed by atoms with E-state index in [4.69, 9.17) is 9.15 Å². The molecule has 0 fully saturated rings. The summed E-state index contributed by atoms with van der Waals surface area (Å²) in [5, 5.41) is 2.84. The molecule has 0 unspecified atom stereocenters. The molecule has 7 heteroatoms. The molecule has 0 aliphatic rings. The number of rotatable bonds is 5. The maximum absolute atomic E-state index is 12.3. The molecular weight excluding hydrogens is 524 g/mol. The fraction of sp³-hybridized carbons (Fsp3) is 0.167. The number of hydrogen-bond donors (Lipinski definition) is 1. The van der Waals surface area contributed by atoms with Crippen LogP contribution in [0.15, 0.2) is 61.9 Å². The Morgan fingerprint density at radius 3 is 2.48 bits per heavy atom. The van der Waals surface area contributed by atoms with Crippen LogP contribution >= 0.6 is 31.9 Å². The molecule has 0 atom stereocenters. The van der Waals surface area contributed by atoms with E-state index in [1.54, 1.807) is 0 Å². The minimum Gasteiger partial charge on any atom is -0.482 e. The van der Waals surface area contributed by atoms with Gasteiger partial charge in [-0.25, -0.2) is 4.98 Å². The van der Waals surface area contributed by atoms with Crippen LogP contribution in [0, 0.1) is 20.8 Å². The second kappa shape index (κ2) is 8.85. The van der Waals surface area contributed by atoms with E-state index in [0.717, 1.165) is 42.3 Å². The second-order valence-electron chi connectivity index (χ2n) is 7.40. The lowest BCUT2D eigenvalue weighted by molar-refractivity contribution is -0.118. The zero-order valence-corrected chi connectivity index (χ0v) is 20.4. The third kappa shape index (κ3) is 4.83. The summed E-state index contributed by atoms with van der Waals surface area (Å²) in [4.78, 5) is 16.9. The van der Waals surface area contributed by atoms with E-state index < -0.39 is 0 Å². The van der Waals surface area contributed by atoms with Gasteiger partial charge in [0.05, 0.1) is 4.47 Å². The summed E-state index contributed by atoms with van der Waals surface area (Å²) >= 11 is 6.90. The molecule has 1 heterocycles. The number of ether oxygens (including phenoxy) is 1. The third-order valence-electron chi connectivity index (χ3n) is 4.78. The van der Waals surface area contributed by atoms with Crippen molar-refractivity contribution >= 4 is 54.6 Å². The Morgan fingerprint density at radius 1 is 1.03 bits per heavy atom. The van der Waals surface area contributed by atoms with E-state index in [2.05, 4.69) is 48.2 Å². The number of aromatic nitrogens is 1. The van der Waals surface area contributed by atoms with Crippen molar-refractivity contribution in [1.29, 1.82) is 0 Å². The predicted molar refractivity (Wildman–Crippen MR) is 130 cm³/mol. The van der Waals surface area contributed by atoms with Gasteiger partial charge in [0.2, 0.25) is 5.89 Å². The summed E-state index contributed by atoms with van der Waals surface area (Å²) in [6.07, 6.45) is 0. The van der Waals surface area contributed by atoms with E-state index >= 15 is 0 Å². The van der Waals surface area contributed by atoms with Crippen LogP contribution in [0.25, 0.3) is 22.6 Å². The van der Waals surface area contributed by atoms with Gasteiger partial charge in [0.25, 0.3) is 5.91 Å². The van der Waals surface area contributed by atoms with Crippen molar-refractivity contribution in [2.24, 2.45) is 0 Å². The third-order valence-corrected chi connectivity index (χ3v) is 5.82. The van der Waals surface area contributed by atoms with Gasteiger partial charge in [0.15, 0.2) is 12.2 Å². The van der Waals surface area contributed by atoms with Crippen molar-refractivity contribution in [3.8, 4) is 17.2 Å². The van der Waals surface area contributed by atoms with Crippen molar-refractivity contribution < 1.29 is 13.9 Å². The average molecular weight is 544 g/mol. The van der Waals surface area contributed by atoms with Gasteiger partial charge in [0, 0.05) is 15.7 Å². The zero-order chi connectivity index (χ0) is 22.1. The molecule has 0 saturated heterocycles. The first-order valence-electron chi connectivity index (χ1n) is 9.66. The first-order valence-corrected chi connectivity index (χ1v) is 11.3. The molecule has 3 aromatic carbocycles. The van der Waals surface area contributed by atoms with Crippen LogP contribution in [0.1, 0.15) is 16.7 Å². The number of benzene rings is 3. The molecule has 0 bridgehead atoms. The van der Waals surface area contributed by atoms with E-state index in [0.29, 0.717) is 17.3 Å². The fourth-order valence-electron chi connectivity index (χ4n) is 3.40. The number of halogens is 2. The topological polar surface area (TPSA) is 64.4 Å². The second-order valence-corrected chi connectivity index (χ2v) is 9.17. The smallest absolute Gasteiger partial charge is 0.262 e. The van der Waals surface area contributed by atoms with Crippen LogP contribution in [0.3, 0.4) is 0 Å². The minimum absolute atomic E-state index is 0.0907. The van der Waals surface area contributed by atoms with Gasteiger partial charge in [0.1, 0.15) is 11.3 Å². The first kappa shape index (κ1) is 21.6. The Balaban J connectivity index is 1.43. The molecule has 1 aromatic heterocycles. The lowest BCUT2D eigenvalue weighted by Crippen LogP contribution is -2.20. The Hall–Kier alpha value is -2.64. The monoisotopic (exact) mass is 542 g/mol. The number of aryl methyl sites for hydroxylation is 3. The molecule has 31 heavy (non-hydrogen) atoms. The highest BCUT2D eigenvalue weighted by molar-refractivity contribution is 9.11. The molecule has 4 aromatic rings. The van der Waals surface area contributed by atoms with Crippen molar-refractivity contribution in [1.82, 2.24) is 4.98 Å². The van der Waals surface area contributed by atoms with Crippen molar-refractivity contribution in [2.45, 2.75) is 20.8 Å². The molecule has 0 aliphatic heterocycles. The highest BCUT2D eigenvalue weighted by Crippen LogP contribution is 2.32. The van der Waals surface area contributed by atoms with Crippen molar-refractivity contribution in [3.63, 3.8) is 0 Å². The number of hydrogen-bond acceptors (Lipinski definition) is 4. The molecule has 5 nitrogen and oxygen atoms in total. The lowest BCUT2D eigenvalue weighted by atomic mass is 10.1. The summed E-state index contributed by atoms with van der Waals surface area (Å²) in [6, 6.07) is 15.3. The number of nitrogens with one attached hydrogen (secondary N) is 1. The molecule has 158 valence electrons. The largest absolute Gasteiger partial charge is 0.482 e. The van der Waals surface area contributed by atoms with Gasteiger partial charge in [-0.2, -0.15) is 0 Å². The molecule has 1 amide bonds. The van der Waals surface area contributed by atoms with Crippen LogP contribution in [0.5, 0.6) is 5.75 Å². The van der Waals surface area contributed by atoms with Crippen LogP contribution in [-0.4, -0.2) is 17.5 Å². The fourth-order valence-corrected chi connectivity index (χ4v) is 4.96. The van der Waals surface area contributed by atoms with Crippen LogP contribution in [-0.2, 0) is 4.79 Å². The number of nitrogens with zero attached hydrogens (tertiary/aromatic N) is 1. The van der Waals surface area contributed by atoms with Crippen molar-refractivity contribution in [3.05, 3.63) is 74.2 Å². The first-order chi connectivity index (χ1) is 14.8. The van der Waals surface area contributed by atoms with Gasteiger partial charge < -0.3 is 14.5 Å². The standard InChI is InChI=1S/C24H20Br2N2O3/c1-13-8-14(2)23-20(9-13)28-24(31-23)16-4-6-18(7-5-16)27-21(29)12-30-22-15(3)10-17(25)11-19(22)26/h4-11H,12H2,1-3H3,(H,27,29). The zero-order valence-electron chi connectivity index (χ0n) is 17.3. The van der Waals surface area contributed by atoms with Crippen LogP contribution < -0.4 is 10.1 Å². The molecule has 0 spiro atoms. The van der Waals surface area contributed by atoms with Crippen molar-refractivity contribution in [2.75, 3.05) is 11.9 Å². The number of anilines is 1. The summed E-state index contributed by atoms with van der Waals surface area (Å²) in [6.45, 7) is 5.89. The molecule has 4 rings (SSSR count). The number of carbonyl (C=O) groups excluding carboxylic acids is 1. The number of carbonyl (C=O) groups is 1. The summed E-state index contributed by atoms with van der Waals surface area (Å²) in [5.41, 5.74) is 6.30. The maximum Gasteiger partial charge on any atom is 0.262 e. The Bertz CT molecular complexity index is 1260.